The number of carboxylic acids is 1. The molecule has 32 heavy (non-hydrogen) atoms. The number of carbonyl (C=O) groups is 1. The van der Waals surface area contributed by atoms with Crippen molar-refractivity contribution in [1.29, 1.82) is 0 Å². The number of nitrogens with one attached hydrogen (secondary N) is 1. The van der Waals surface area contributed by atoms with Crippen LogP contribution in [0.25, 0.3) is 6.08 Å². The fourth-order valence-corrected chi connectivity index (χ4v) is 6.39. The molecular weight excluding hydrogens is 426 g/mol. The number of benzene rings is 1. The van der Waals surface area contributed by atoms with Gasteiger partial charge in [-0.05, 0) is 79.0 Å². The minimum atomic E-state index is -3.57. The van der Waals surface area contributed by atoms with E-state index in [-0.39, 0.29) is 23.8 Å². The number of hydrogen-bond acceptors (Lipinski definition) is 4. The Morgan fingerprint density at radius 3 is 2.56 bits per heavy atom. The maximum atomic E-state index is 12.8. The van der Waals surface area contributed by atoms with Gasteiger partial charge in [0.1, 0.15) is 5.75 Å². The van der Waals surface area contributed by atoms with E-state index in [0.29, 0.717) is 18.3 Å². The van der Waals surface area contributed by atoms with Gasteiger partial charge in [-0.1, -0.05) is 38.1 Å². The molecule has 3 aliphatic rings. The maximum absolute atomic E-state index is 12.8. The van der Waals surface area contributed by atoms with E-state index >= 15 is 0 Å². The molecule has 0 amide bonds. The van der Waals surface area contributed by atoms with Crippen LogP contribution in [-0.4, -0.2) is 32.6 Å². The normalized spacial score (nSPS) is 26.8. The first-order valence-electron chi connectivity index (χ1n) is 11.3. The van der Waals surface area contributed by atoms with E-state index in [1.54, 1.807) is 25.3 Å². The van der Waals surface area contributed by atoms with Crippen LogP contribution in [0.3, 0.4) is 0 Å². The number of aliphatic carboxylic acids is 1. The molecule has 1 aromatic carbocycles. The molecule has 176 valence electrons. The molecule has 0 spiro atoms. The van der Waals surface area contributed by atoms with E-state index in [1.165, 1.54) is 5.41 Å². The van der Waals surface area contributed by atoms with Crippen molar-refractivity contribution in [2.24, 2.45) is 23.2 Å². The van der Waals surface area contributed by atoms with Crippen molar-refractivity contribution in [3.8, 4) is 5.75 Å². The smallest absolute Gasteiger partial charge is 0.303 e. The van der Waals surface area contributed by atoms with Crippen molar-refractivity contribution in [2.75, 3.05) is 7.11 Å². The van der Waals surface area contributed by atoms with Crippen molar-refractivity contribution in [2.45, 2.75) is 58.4 Å². The molecule has 2 N–H and O–H groups in total. The Balaban J connectivity index is 1.63. The zero-order chi connectivity index (χ0) is 23.4. The summed E-state index contributed by atoms with van der Waals surface area (Å²) >= 11 is 0. The third kappa shape index (κ3) is 6.01. The number of carboxylic acid groups (broad SMARTS) is 1. The number of methoxy groups -OCH3 is 1. The molecule has 0 radical (unpaired) electrons. The molecule has 3 fully saturated rings. The van der Waals surface area contributed by atoms with E-state index in [0.717, 1.165) is 37.0 Å². The molecule has 3 aliphatic carbocycles. The molecule has 4 unspecified atom stereocenters. The van der Waals surface area contributed by atoms with E-state index in [1.807, 2.05) is 18.2 Å². The summed E-state index contributed by atoms with van der Waals surface area (Å²) in [6.45, 7) is 4.59. The van der Waals surface area contributed by atoms with Crippen molar-refractivity contribution >= 4 is 22.1 Å². The lowest BCUT2D eigenvalue weighted by molar-refractivity contribution is -0.137. The zero-order valence-electron chi connectivity index (χ0n) is 19.2. The van der Waals surface area contributed by atoms with E-state index < -0.39 is 16.0 Å². The van der Waals surface area contributed by atoms with Crippen LogP contribution in [0.1, 0.15) is 57.9 Å². The lowest BCUT2D eigenvalue weighted by Crippen LogP contribution is -2.61. The highest BCUT2D eigenvalue weighted by Gasteiger charge is 2.57. The molecule has 7 heteroatoms. The molecule has 2 bridgehead atoms. The van der Waals surface area contributed by atoms with Gasteiger partial charge in [-0.25, -0.2) is 13.1 Å². The van der Waals surface area contributed by atoms with Gasteiger partial charge in [0.05, 0.1) is 7.11 Å². The first-order chi connectivity index (χ1) is 15.1. The van der Waals surface area contributed by atoms with Gasteiger partial charge in [0.25, 0.3) is 0 Å². The molecule has 6 nitrogen and oxygen atoms in total. The lowest BCUT2D eigenvalue weighted by atomic mass is 9.44. The predicted molar refractivity (Wildman–Crippen MR) is 127 cm³/mol. The van der Waals surface area contributed by atoms with Gasteiger partial charge in [0, 0.05) is 17.9 Å². The fourth-order valence-electron chi connectivity index (χ4n) is 5.28. The molecule has 0 saturated heterocycles. The van der Waals surface area contributed by atoms with Gasteiger partial charge in [-0.2, -0.15) is 0 Å². The summed E-state index contributed by atoms with van der Waals surface area (Å²) in [5.74, 6) is 1.23. The van der Waals surface area contributed by atoms with Crippen molar-refractivity contribution < 1.29 is 23.1 Å². The van der Waals surface area contributed by atoms with E-state index in [4.69, 9.17) is 9.84 Å². The average Bonchev–Trinajstić information content (AvgIpc) is 2.75. The van der Waals surface area contributed by atoms with Crippen LogP contribution in [0.15, 0.2) is 41.8 Å². The number of unbranched alkanes of at least 4 members (excludes halogenated alkanes) is 1. The molecule has 0 heterocycles. The first kappa shape index (κ1) is 24.5. The van der Waals surface area contributed by atoms with Gasteiger partial charge in [-0.3, -0.25) is 4.79 Å². The third-order valence-corrected chi connectivity index (χ3v) is 8.45. The highest BCUT2D eigenvalue weighted by molar-refractivity contribution is 7.92. The van der Waals surface area contributed by atoms with Crippen molar-refractivity contribution in [3.63, 3.8) is 0 Å². The Morgan fingerprint density at radius 1 is 1.22 bits per heavy atom. The second kappa shape index (κ2) is 10.2. The Bertz CT molecular complexity index is 949. The molecule has 4 atom stereocenters. The molecule has 0 aliphatic heterocycles. The Hall–Kier alpha value is -2.12. The summed E-state index contributed by atoms with van der Waals surface area (Å²) in [4.78, 5) is 10.6. The van der Waals surface area contributed by atoms with Crippen LogP contribution >= 0.6 is 0 Å². The Labute approximate surface area is 191 Å². The minimum absolute atomic E-state index is 0.0824. The largest absolute Gasteiger partial charge is 0.497 e. The number of ether oxygens (including phenoxy) is 1. The van der Waals surface area contributed by atoms with Crippen LogP contribution in [0.5, 0.6) is 5.75 Å². The summed E-state index contributed by atoms with van der Waals surface area (Å²) in [6.07, 6.45) is 10.1. The monoisotopic (exact) mass is 461 g/mol. The highest BCUT2D eigenvalue weighted by atomic mass is 32.2. The Morgan fingerprint density at radius 2 is 1.94 bits per heavy atom. The van der Waals surface area contributed by atoms with Gasteiger partial charge < -0.3 is 9.84 Å². The standard InChI is InChI=1S/C25H35NO5S/c1-25(2)19-16-22(25)21(8-6-4-5-7-9-24(27)28)23(17-19)26-32(29,30)15-14-18-10-12-20(31-3)13-11-18/h4,6,10-15,19,21-23,26H,5,7-9,16-17H2,1-3H3,(H,27,28)/b6-4-,15-14?. The quantitative estimate of drug-likeness (QED) is 0.363. The fraction of sp³-hybridized carbons (Fsp3) is 0.560. The molecule has 0 aromatic heterocycles. The minimum Gasteiger partial charge on any atom is -0.497 e. The summed E-state index contributed by atoms with van der Waals surface area (Å²) in [5, 5.41) is 10.0. The molecule has 3 saturated carbocycles. The van der Waals surface area contributed by atoms with Crippen LogP contribution in [-0.2, 0) is 14.8 Å². The zero-order valence-corrected chi connectivity index (χ0v) is 20.0. The van der Waals surface area contributed by atoms with Crippen LogP contribution < -0.4 is 9.46 Å². The van der Waals surface area contributed by atoms with E-state index in [9.17, 15) is 13.2 Å². The number of fused-ring (bicyclic) bond motifs is 2. The van der Waals surface area contributed by atoms with Gasteiger partial charge in [0.15, 0.2) is 0 Å². The number of allylic oxidation sites excluding steroid dienone is 2. The first-order valence-corrected chi connectivity index (χ1v) is 12.9. The summed E-state index contributed by atoms with van der Waals surface area (Å²) in [5.41, 5.74) is 1.03. The predicted octanol–water partition coefficient (Wildman–Crippen LogP) is 4.84. The molecular formula is C25H35NO5S. The highest BCUT2D eigenvalue weighted by Crippen LogP contribution is 2.62. The maximum Gasteiger partial charge on any atom is 0.303 e. The Kier molecular flexibility index (Phi) is 7.83. The summed E-state index contributed by atoms with van der Waals surface area (Å²) < 4.78 is 33.7. The van der Waals surface area contributed by atoms with Crippen LogP contribution in [0, 0.1) is 23.2 Å². The second-order valence-electron chi connectivity index (χ2n) is 9.60. The second-order valence-corrected chi connectivity index (χ2v) is 11.2. The SMILES string of the molecule is COc1ccc(C=CS(=O)(=O)NC2CC3CC(C2C/C=C\CCCC(=O)O)C3(C)C)cc1. The van der Waals surface area contributed by atoms with Gasteiger partial charge in [-0.15, -0.1) is 0 Å². The average molecular weight is 462 g/mol. The topological polar surface area (TPSA) is 92.7 Å². The number of hydrogen-bond donors (Lipinski definition) is 2. The van der Waals surface area contributed by atoms with Gasteiger partial charge >= 0.3 is 5.97 Å². The van der Waals surface area contributed by atoms with Crippen molar-refractivity contribution in [1.82, 2.24) is 4.72 Å². The van der Waals surface area contributed by atoms with Crippen LogP contribution in [0.2, 0.25) is 0 Å². The summed E-state index contributed by atoms with van der Waals surface area (Å²) in [7, 11) is -1.97. The van der Waals surface area contributed by atoms with Crippen LogP contribution in [0.4, 0.5) is 0 Å². The third-order valence-electron chi connectivity index (χ3n) is 7.33. The lowest BCUT2D eigenvalue weighted by Gasteiger charge is -2.62. The number of rotatable bonds is 11. The molecule has 1 aromatic rings. The molecule has 4 rings (SSSR count). The van der Waals surface area contributed by atoms with Crippen molar-refractivity contribution in [3.05, 3.63) is 47.4 Å². The number of sulfonamides is 1. The van der Waals surface area contributed by atoms with Gasteiger partial charge in [0.2, 0.25) is 10.0 Å². The summed E-state index contributed by atoms with van der Waals surface area (Å²) in [6, 6.07) is 7.16. The van der Waals surface area contributed by atoms with E-state index in [2.05, 4.69) is 24.6 Å².